The SMILES string of the molecule is S=C(NCCc1ccccc1)NN1CCOCC1. The van der Waals surface area contributed by atoms with Crippen molar-refractivity contribution in [3.05, 3.63) is 35.9 Å². The Morgan fingerprint density at radius 3 is 2.67 bits per heavy atom. The van der Waals surface area contributed by atoms with Gasteiger partial charge in [0.1, 0.15) is 0 Å². The van der Waals surface area contributed by atoms with E-state index in [-0.39, 0.29) is 0 Å². The maximum Gasteiger partial charge on any atom is 0.181 e. The van der Waals surface area contributed by atoms with Gasteiger partial charge in [0.25, 0.3) is 0 Å². The lowest BCUT2D eigenvalue weighted by Crippen LogP contribution is -2.51. The Bertz CT molecular complexity index is 366. The molecule has 1 aromatic carbocycles. The van der Waals surface area contributed by atoms with E-state index >= 15 is 0 Å². The van der Waals surface area contributed by atoms with Crippen LogP contribution in [-0.2, 0) is 11.2 Å². The monoisotopic (exact) mass is 265 g/mol. The number of thiocarbonyl (C=S) groups is 1. The van der Waals surface area contributed by atoms with E-state index in [0.717, 1.165) is 39.3 Å². The van der Waals surface area contributed by atoms with Crippen molar-refractivity contribution in [1.29, 1.82) is 0 Å². The first-order valence-corrected chi connectivity index (χ1v) is 6.66. The highest BCUT2D eigenvalue weighted by Crippen LogP contribution is 1.98. The van der Waals surface area contributed by atoms with Crippen LogP contribution in [0, 0.1) is 0 Å². The van der Waals surface area contributed by atoms with E-state index in [2.05, 4.69) is 40.0 Å². The second-order valence-electron chi connectivity index (χ2n) is 4.20. The van der Waals surface area contributed by atoms with Crippen LogP contribution in [0.4, 0.5) is 0 Å². The lowest BCUT2D eigenvalue weighted by molar-refractivity contribution is 0.0247. The van der Waals surface area contributed by atoms with Gasteiger partial charge in [-0.1, -0.05) is 30.3 Å². The maximum atomic E-state index is 5.27. The zero-order valence-corrected chi connectivity index (χ0v) is 11.2. The summed E-state index contributed by atoms with van der Waals surface area (Å²) in [5, 5.41) is 5.99. The molecule has 1 aliphatic rings. The Balaban J connectivity index is 1.62. The Hall–Kier alpha value is -1.17. The Kier molecular flexibility index (Phi) is 5.38. The molecular weight excluding hydrogens is 246 g/mol. The lowest BCUT2D eigenvalue weighted by Gasteiger charge is -2.28. The van der Waals surface area contributed by atoms with E-state index in [1.54, 1.807) is 0 Å². The first-order valence-electron chi connectivity index (χ1n) is 6.26. The summed E-state index contributed by atoms with van der Waals surface area (Å²) in [6, 6.07) is 10.4. The zero-order chi connectivity index (χ0) is 12.6. The van der Waals surface area contributed by atoms with Crippen molar-refractivity contribution in [2.45, 2.75) is 6.42 Å². The van der Waals surface area contributed by atoms with Crippen LogP contribution in [0.5, 0.6) is 0 Å². The molecule has 0 aromatic heterocycles. The minimum absolute atomic E-state index is 0.688. The number of hydrazine groups is 1. The van der Waals surface area contributed by atoms with Crippen molar-refractivity contribution in [3.8, 4) is 0 Å². The molecule has 0 radical (unpaired) electrons. The number of nitrogens with zero attached hydrogens (tertiary/aromatic N) is 1. The second kappa shape index (κ2) is 7.31. The van der Waals surface area contributed by atoms with Crippen molar-refractivity contribution >= 4 is 17.3 Å². The van der Waals surface area contributed by atoms with E-state index in [1.807, 2.05) is 6.07 Å². The van der Waals surface area contributed by atoms with Gasteiger partial charge >= 0.3 is 0 Å². The van der Waals surface area contributed by atoms with Gasteiger partial charge in [-0.25, -0.2) is 5.01 Å². The molecule has 0 atom stereocenters. The van der Waals surface area contributed by atoms with Crippen LogP contribution in [0.15, 0.2) is 30.3 Å². The molecular formula is C13H19N3OS. The summed E-state index contributed by atoms with van der Waals surface area (Å²) in [6.45, 7) is 4.13. The predicted molar refractivity (Wildman–Crippen MR) is 76.3 cm³/mol. The highest BCUT2D eigenvalue weighted by atomic mass is 32.1. The summed E-state index contributed by atoms with van der Waals surface area (Å²) in [5.74, 6) is 0. The molecule has 0 amide bonds. The molecule has 1 aliphatic heterocycles. The van der Waals surface area contributed by atoms with Crippen LogP contribution in [0.25, 0.3) is 0 Å². The fourth-order valence-electron chi connectivity index (χ4n) is 1.82. The molecule has 0 spiro atoms. The third-order valence-corrected chi connectivity index (χ3v) is 3.05. The molecule has 98 valence electrons. The number of ether oxygens (including phenoxy) is 1. The fourth-order valence-corrected chi connectivity index (χ4v) is 2.05. The van der Waals surface area contributed by atoms with Gasteiger partial charge in [0, 0.05) is 19.6 Å². The minimum atomic E-state index is 0.688. The van der Waals surface area contributed by atoms with Crippen LogP contribution >= 0.6 is 12.2 Å². The summed E-state index contributed by atoms with van der Waals surface area (Å²) in [7, 11) is 0. The van der Waals surface area contributed by atoms with Crippen molar-refractivity contribution in [1.82, 2.24) is 15.8 Å². The summed E-state index contributed by atoms with van der Waals surface area (Å²) < 4.78 is 5.27. The second-order valence-corrected chi connectivity index (χ2v) is 4.61. The highest BCUT2D eigenvalue weighted by molar-refractivity contribution is 7.80. The molecule has 1 saturated heterocycles. The van der Waals surface area contributed by atoms with E-state index in [9.17, 15) is 0 Å². The lowest BCUT2D eigenvalue weighted by atomic mass is 10.1. The van der Waals surface area contributed by atoms with Crippen LogP contribution in [-0.4, -0.2) is 43.0 Å². The smallest absolute Gasteiger partial charge is 0.181 e. The van der Waals surface area contributed by atoms with Gasteiger partial charge in [0.15, 0.2) is 5.11 Å². The molecule has 1 aromatic rings. The Morgan fingerprint density at radius 1 is 1.22 bits per heavy atom. The number of morpholine rings is 1. The summed E-state index contributed by atoms with van der Waals surface area (Å²) >= 11 is 5.25. The molecule has 4 nitrogen and oxygen atoms in total. The minimum Gasteiger partial charge on any atom is -0.379 e. The normalized spacial score (nSPS) is 16.2. The number of hydrogen-bond donors (Lipinski definition) is 2. The van der Waals surface area contributed by atoms with E-state index < -0.39 is 0 Å². The summed E-state index contributed by atoms with van der Waals surface area (Å²) in [5.41, 5.74) is 4.50. The average molecular weight is 265 g/mol. The summed E-state index contributed by atoms with van der Waals surface area (Å²) in [4.78, 5) is 0. The molecule has 0 bridgehead atoms. The van der Waals surface area contributed by atoms with E-state index in [1.165, 1.54) is 5.56 Å². The number of rotatable bonds is 4. The number of nitrogens with one attached hydrogen (secondary N) is 2. The van der Waals surface area contributed by atoms with Gasteiger partial charge < -0.3 is 10.1 Å². The molecule has 0 unspecified atom stereocenters. The molecule has 1 fully saturated rings. The number of hydrogen-bond acceptors (Lipinski definition) is 3. The summed E-state index contributed by atoms with van der Waals surface area (Å²) in [6.07, 6.45) is 0.978. The molecule has 0 saturated carbocycles. The van der Waals surface area contributed by atoms with Crippen molar-refractivity contribution < 1.29 is 4.74 Å². The van der Waals surface area contributed by atoms with Crippen molar-refractivity contribution in [2.75, 3.05) is 32.8 Å². The van der Waals surface area contributed by atoms with Gasteiger partial charge in [-0.3, -0.25) is 5.43 Å². The third kappa shape index (κ3) is 4.60. The molecule has 5 heteroatoms. The van der Waals surface area contributed by atoms with Crippen LogP contribution in [0.3, 0.4) is 0 Å². The van der Waals surface area contributed by atoms with Crippen LogP contribution in [0.1, 0.15) is 5.56 Å². The van der Waals surface area contributed by atoms with Crippen molar-refractivity contribution in [3.63, 3.8) is 0 Å². The quantitative estimate of drug-likeness (QED) is 0.793. The molecule has 2 N–H and O–H groups in total. The molecule has 0 aliphatic carbocycles. The first-order chi connectivity index (χ1) is 8.84. The largest absolute Gasteiger partial charge is 0.379 e. The molecule has 18 heavy (non-hydrogen) atoms. The number of benzene rings is 1. The fraction of sp³-hybridized carbons (Fsp3) is 0.462. The van der Waals surface area contributed by atoms with Gasteiger partial charge in [-0.05, 0) is 24.2 Å². The Morgan fingerprint density at radius 2 is 1.94 bits per heavy atom. The average Bonchev–Trinajstić information content (AvgIpc) is 2.41. The zero-order valence-electron chi connectivity index (χ0n) is 10.4. The van der Waals surface area contributed by atoms with Gasteiger partial charge in [0.05, 0.1) is 13.2 Å². The maximum absolute atomic E-state index is 5.27. The van der Waals surface area contributed by atoms with Gasteiger partial charge in [-0.2, -0.15) is 0 Å². The van der Waals surface area contributed by atoms with Gasteiger partial charge in [-0.15, -0.1) is 0 Å². The topological polar surface area (TPSA) is 36.5 Å². The first kappa shape index (κ1) is 13.3. The van der Waals surface area contributed by atoms with E-state index in [0.29, 0.717) is 5.11 Å². The van der Waals surface area contributed by atoms with Crippen LogP contribution < -0.4 is 10.7 Å². The third-order valence-electron chi connectivity index (χ3n) is 2.81. The molecule has 2 rings (SSSR count). The van der Waals surface area contributed by atoms with E-state index in [4.69, 9.17) is 17.0 Å². The molecule has 1 heterocycles. The van der Waals surface area contributed by atoms with Crippen LogP contribution in [0.2, 0.25) is 0 Å². The predicted octanol–water partition coefficient (Wildman–Crippen LogP) is 0.940. The van der Waals surface area contributed by atoms with Crippen molar-refractivity contribution in [2.24, 2.45) is 0 Å². The standard InChI is InChI=1S/C13H19N3OS/c18-13(15-16-8-10-17-11-9-16)14-7-6-12-4-2-1-3-5-12/h1-5H,6-11H2,(H2,14,15,18). The van der Waals surface area contributed by atoms with Gasteiger partial charge in [0.2, 0.25) is 0 Å². The highest BCUT2D eigenvalue weighted by Gasteiger charge is 2.10. The Labute approximate surface area is 113 Å².